The van der Waals surface area contributed by atoms with Gasteiger partial charge >= 0.3 is 0 Å². The van der Waals surface area contributed by atoms with Gasteiger partial charge in [-0.3, -0.25) is 4.90 Å². The van der Waals surface area contributed by atoms with Crippen LogP contribution < -0.4 is 0 Å². The highest BCUT2D eigenvalue weighted by molar-refractivity contribution is 4.94. The number of aliphatic hydroxyl groups is 1. The van der Waals surface area contributed by atoms with Crippen molar-refractivity contribution in [3.63, 3.8) is 0 Å². The standard InChI is InChI=1S/C8H15NO/c1-6-2-4-9-5-3-7(10)8(6)9/h6-8,10H,2-5H2,1H3/t6-,7-,8-/m1/s1. The van der Waals surface area contributed by atoms with Crippen LogP contribution >= 0.6 is 0 Å². The molecular formula is C8H15NO. The second kappa shape index (κ2) is 2.21. The summed E-state index contributed by atoms with van der Waals surface area (Å²) in [5, 5.41) is 9.53. The first-order valence-corrected chi connectivity index (χ1v) is 4.21. The van der Waals surface area contributed by atoms with Crippen molar-refractivity contribution in [3.8, 4) is 0 Å². The molecule has 2 nitrogen and oxygen atoms in total. The lowest BCUT2D eigenvalue weighted by molar-refractivity contribution is 0.117. The van der Waals surface area contributed by atoms with Gasteiger partial charge in [-0.05, 0) is 25.3 Å². The Morgan fingerprint density at radius 2 is 2.00 bits per heavy atom. The van der Waals surface area contributed by atoms with E-state index in [0.717, 1.165) is 18.9 Å². The van der Waals surface area contributed by atoms with Gasteiger partial charge < -0.3 is 5.11 Å². The van der Waals surface area contributed by atoms with Crippen molar-refractivity contribution >= 4 is 0 Å². The van der Waals surface area contributed by atoms with Gasteiger partial charge in [-0.15, -0.1) is 0 Å². The number of nitrogens with zero attached hydrogens (tertiary/aromatic N) is 1. The number of hydrogen-bond donors (Lipinski definition) is 1. The van der Waals surface area contributed by atoms with E-state index in [0.29, 0.717) is 6.04 Å². The van der Waals surface area contributed by atoms with E-state index >= 15 is 0 Å². The molecule has 10 heavy (non-hydrogen) atoms. The molecule has 1 N–H and O–H groups in total. The maximum absolute atomic E-state index is 9.53. The topological polar surface area (TPSA) is 23.5 Å². The van der Waals surface area contributed by atoms with Gasteiger partial charge in [-0.2, -0.15) is 0 Å². The Morgan fingerprint density at radius 3 is 2.70 bits per heavy atom. The molecule has 0 saturated carbocycles. The van der Waals surface area contributed by atoms with E-state index in [2.05, 4.69) is 11.8 Å². The summed E-state index contributed by atoms with van der Waals surface area (Å²) in [7, 11) is 0. The number of rotatable bonds is 0. The van der Waals surface area contributed by atoms with Crippen molar-refractivity contribution in [1.29, 1.82) is 0 Å². The Morgan fingerprint density at radius 1 is 1.30 bits per heavy atom. The van der Waals surface area contributed by atoms with E-state index in [9.17, 15) is 5.11 Å². The summed E-state index contributed by atoms with van der Waals surface area (Å²) >= 11 is 0. The predicted molar refractivity (Wildman–Crippen MR) is 39.8 cm³/mol. The summed E-state index contributed by atoms with van der Waals surface area (Å²) < 4.78 is 0. The molecule has 0 aromatic carbocycles. The molecule has 2 heterocycles. The van der Waals surface area contributed by atoms with E-state index in [1.54, 1.807) is 0 Å². The highest BCUT2D eigenvalue weighted by atomic mass is 16.3. The second-order valence-corrected chi connectivity index (χ2v) is 3.65. The normalized spacial score (nSPS) is 48.0. The zero-order valence-corrected chi connectivity index (χ0v) is 6.45. The van der Waals surface area contributed by atoms with Crippen LogP contribution in [0.4, 0.5) is 0 Å². The van der Waals surface area contributed by atoms with Crippen LogP contribution in [0, 0.1) is 5.92 Å². The fraction of sp³-hybridized carbons (Fsp3) is 1.00. The lowest BCUT2D eigenvalue weighted by Crippen LogP contribution is -2.32. The van der Waals surface area contributed by atoms with Gasteiger partial charge in [0.1, 0.15) is 0 Å². The molecule has 0 amide bonds. The average molecular weight is 141 g/mol. The smallest absolute Gasteiger partial charge is 0.0710 e. The van der Waals surface area contributed by atoms with Crippen molar-refractivity contribution < 1.29 is 5.11 Å². The Bertz CT molecular complexity index is 123. The summed E-state index contributed by atoms with van der Waals surface area (Å²) in [6.45, 7) is 4.58. The zero-order valence-electron chi connectivity index (χ0n) is 6.45. The number of aliphatic hydroxyl groups excluding tert-OH is 1. The zero-order chi connectivity index (χ0) is 7.14. The largest absolute Gasteiger partial charge is 0.391 e. The van der Waals surface area contributed by atoms with Gasteiger partial charge in [-0.25, -0.2) is 0 Å². The van der Waals surface area contributed by atoms with Crippen LogP contribution in [0.15, 0.2) is 0 Å². The first kappa shape index (κ1) is 6.62. The molecular weight excluding hydrogens is 126 g/mol. The summed E-state index contributed by atoms with van der Waals surface area (Å²) in [6.07, 6.45) is 2.24. The Kier molecular flexibility index (Phi) is 1.46. The molecule has 0 radical (unpaired) electrons. The Labute approximate surface area is 61.8 Å². The molecule has 2 aliphatic heterocycles. The first-order chi connectivity index (χ1) is 4.79. The molecule has 0 aromatic heterocycles. The van der Waals surface area contributed by atoms with Crippen molar-refractivity contribution in [2.75, 3.05) is 13.1 Å². The van der Waals surface area contributed by atoms with Crippen LogP contribution in [0.2, 0.25) is 0 Å². The van der Waals surface area contributed by atoms with Crippen LogP contribution in [0.5, 0.6) is 0 Å². The monoisotopic (exact) mass is 141 g/mol. The quantitative estimate of drug-likeness (QED) is 0.530. The molecule has 0 bridgehead atoms. The fourth-order valence-corrected chi connectivity index (χ4v) is 2.40. The molecule has 2 rings (SSSR count). The molecule has 0 aromatic rings. The van der Waals surface area contributed by atoms with Crippen LogP contribution in [-0.2, 0) is 0 Å². The molecule has 2 fully saturated rings. The minimum Gasteiger partial charge on any atom is -0.391 e. The van der Waals surface area contributed by atoms with Crippen molar-refractivity contribution in [2.24, 2.45) is 5.92 Å². The molecule has 3 atom stereocenters. The second-order valence-electron chi connectivity index (χ2n) is 3.65. The van der Waals surface area contributed by atoms with Crippen molar-refractivity contribution in [2.45, 2.75) is 31.9 Å². The molecule has 2 heteroatoms. The molecule has 0 unspecified atom stereocenters. The van der Waals surface area contributed by atoms with Gasteiger partial charge in [0.2, 0.25) is 0 Å². The van der Waals surface area contributed by atoms with Gasteiger partial charge in [0, 0.05) is 12.6 Å². The van der Waals surface area contributed by atoms with Gasteiger partial charge in [0.25, 0.3) is 0 Å². The third-order valence-electron chi connectivity index (χ3n) is 2.98. The molecule has 2 aliphatic rings. The van der Waals surface area contributed by atoms with E-state index in [1.165, 1.54) is 13.0 Å². The Balaban J connectivity index is 2.11. The van der Waals surface area contributed by atoms with Crippen molar-refractivity contribution in [3.05, 3.63) is 0 Å². The number of fused-ring (bicyclic) bond motifs is 1. The highest BCUT2D eigenvalue weighted by Crippen LogP contribution is 2.32. The average Bonchev–Trinajstić information content (AvgIpc) is 2.40. The summed E-state index contributed by atoms with van der Waals surface area (Å²) in [5.41, 5.74) is 0. The van der Waals surface area contributed by atoms with Crippen LogP contribution in [-0.4, -0.2) is 35.2 Å². The first-order valence-electron chi connectivity index (χ1n) is 4.21. The van der Waals surface area contributed by atoms with Crippen LogP contribution in [0.1, 0.15) is 19.8 Å². The molecule has 0 aliphatic carbocycles. The summed E-state index contributed by atoms with van der Waals surface area (Å²) in [6, 6.07) is 0.500. The van der Waals surface area contributed by atoms with Gasteiger partial charge in [0.15, 0.2) is 0 Å². The minimum absolute atomic E-state index is 0.0301. The summed E-state index contributed by atoms with van der Waals surface area (Å²) in [4.78, 5) is 2.43. The Hall–Kier alpha value is -0.0800. The summed E-state index contributed by atoms with van der Waals surface area (Å²) in [5.74, 6) is 0.720. The van der Waals surface area contributed by atoms with E-state index in [4.69, 9.17) is 0 Å². The maximum atomic E-state index is 9.53. The van der Waals surface area contributed by atoms with Gasteiger partial charge in [-0.1, -0.05) is 6.92 Å². The van der Waals surface area contributed by atoms with E-state index in [1.807, 2.05) is 0 Å². The lowest BCUT2D eigenvalue weighted by Gasteiger charge is -2.19. The third kappa shape index (κ3) is 0.789. The van der Waals surface area contributed by atoms with Crippen LogP contribution in [0.25, 0.3) is 0 Å². The molecule has 2 saturated heterocycles. The van der Waals surface area contributed by atoms with Crippen LogP contribution in [0.3, 0.4) is 0 Å². The lowest BCUT2D eigenvalue weighted by atomic mass is 9.99. The minimum atomic E-state index is -0.0301. The third-order valence-corrected chi connectivity index (χ3v) is 2.98. The predicted octanol–water partition coefficient (Wildman–Crippen LogP) is 0.461. The van der Waals surface area contributed by atoms with Gasteiger partial charge in [0.05, 0.1) is 6.10 Å². The van der Waals surface area contributed by atoms with Crippen molar-refractivity contribution in [1.82, 2.24) is 4.90 Å². The fourth-order valence-electron chi connectivity index (χ4n) is 2.40. The molecule has 0 spiro atoms. The highest BCUT2D eigenvalue weighted by Gasteiger charge is 2.40. The maximum Gasteiger partial charge on any atom is 0.0710 e. The van der Waals surface area contributed by atoms with E-state index in [-0.39, 0.29) is 6.10 Å². The molecule has 58 valence electrons. The number of hydrogen-bond acceptors (Lipinski definition) is 2. The van der Waals surface area contributed by atoms with E-state index < -0.39 is 0 Å². The SMILES string of the molecule is C[C@@H]1CCN2CC[C@@H](O)[C@@H]12.